The van der Waals surface area contributed by atoms with Gasteiger partial charge in [0.2, 0.25) is 5.71 Å². The van der Waals surface area contributed by atoms with Crippen molar-refractivity contribution in [2.24, 2.45) is 15.9 Å². The van der Waals surface area contributed by atoms with E-state index in [0.29, 0.717) is 49.3 Å². The summed E-state index contributed by atoms with van der Waals surface area (Å²) >= 11 is 1.29. The van der Waals surface area contributed by atoms with Gasteiger partial charge in [-0.1, -0.05) is 102 Å². The highest BCUT2D eigenvalue weighted by Crippen LogP contribution is 2.40. The van der Waals surface area contributed by atoms with Crippen LogP contribution in [0.4, 0.5) is 5.13 Å². The monoisotopic (exact) mass is 788 g/mol. The molecule has 4 aromatic carbocycles. The number of anilines is 1. The van der Waals surface area contributed by atoms with Crippen LogP contribution in [-0.4, -0.2) is 70.5 Å². The topological polar surface area (TPSA) is 161 Å². The van der Waals surface area contributed by atoms with Gasteiger partial charge in [0.25, 0.3) is 0 Å². The van der Waals surface area contributed by atoms with Crippen molar-refractivity contribution in [3.05, 3.63) is 148 Å². The third-order valence-corrected chi connectivity index (χ3v) is 9.97. The van der Waals surface area contributed by atoms with E-state index in [0.717, 1.165) is 34.2 Å². The number of carboxylic acids is 1. The largest absolute Gasteiger partial charge is 0.490 e. The Bertz CT molecular complexity index is 2070. The number of nitrogens with one attached hydrogen (secondary N) is 1. The molecule has 0 spiro atoms. The van der Waals surface area contributed by atoms with E-state index in [1.54, 1.807) is 5.38 Å². The van der Waals surface area contributed by atoms with Crippen molar-refractivity contribution in [2.75, 3.05) is 31.6 Å². The first-order valence-corrected chi connectivity index (χ1v) is 19.7. The molecule has 0 aliphatic carbocycles. The molecule has 0 unspecified atom stereocenters. The summed E-state index contributed by atoms with van der Waals surface area (Å²) < 4.78 is 11.3. The van der Waals surface area contributed by atoms with Crippen molar-refractivity contribution in [3.63, 3.8) is 0 Å². The lowest BCUT2D eigenvalue weighted by molar-refractivity contribution is -0.154. The van der Waals surface area contributed by atoms with Gasteiger partial charge in [0.1, 0.15) is 29.2 Å². The first-order chi connectivity index (χ1) is 27.5. The van der Waals surface area contributed by atoms with Gasteiger partial charge in [-0.2, -0.15) is 0 Å². The number of guanidine groups is 1. The van der Waals surface area contributed by atoms with E-state index in [2.05, 4.69) is 56.8 Å². The highest BCUT2D eigenvalue weighted by molar-refractivity contribution is 7.14. The summed E-state index contributed by atoms with van der Waals surface area (Å²) in [5.74, 6) is -0.374. The second-order valence-electron chi connectivity index (χ2n) is 14.5. The minimum absolute atomic E-state index is 0.0247. The molecule has 0 radical (unpaired) electrons. The number of fused-ring (bicyclic) bond motifs is 1. The van der Waals surface area contributed by atoms with Gasteiger partial charge in [0.15, 0.2) is 17.7 Å². The predicted octanol–water partition coefficient (Wildman–Crippen LogP) is 7.23. The van der Waals surface area contributed by atoms with Gasteiger partial charge < -0.3 is 35.4 Å². The molecule has 1 aliphatic heterocycles. The average molecular weight is 789 g/mol. The second-order valence-corrected chi connectivity index (χ2v) is 15.3. The maximum atomic E-state index is 12.3. The number of nitrogens with zero attached hydrogens (tertiary/aromatic N) is 4. The summed E-state index contributed by atoms with van der Waals surface area (Å²) in [4.78, 5) is 40.9. The number of hydrogen-bond acceptors (Lipinski definition) is 10. The van der Waals surface area contributed by atoms with E-state index in [-0.39, 0.29) is 30.6 Å². The quantitative estimate of drug-likeness (QED) is 0.0233. The number of benzene rings is 4. The van der Waals surface area contributed by atoms with Gasteiger partial charge in [-0.15, -0.1) is 11.3 Å². The molecule has 13 heteroatoms. The van der Waals surface area contributed by atoms with Gasteiger partial charge in [-0.25, -0.2) is 9.78 Å². The fraction of sp³-hybridized carbons (Fsp3) is 0.295. The van der Waals surface area contributed by atoms with Crippen LogP contribution in [0.3, 0.4) is 0 Å². The van der Waals surface area contributed by atoms with Crippen LogP contribution in [0.5, 0.6) is 5.75 Å². The van der Waals surface area contributed by atoms with E-state index in [1.807, 2.05) is 98.5 Å². The van der Waals surface area contributed by atoms with Crippen LogP contribution in [0.2, 0.25) is 0 Å². The van der Waals surface area contributed by atoms with Crippen LogP contribution in [0, 0.1) is 0 Å². The molecule has 12 nitrogen and oxygen atoms in total. The number of rotatable bonds is 16. The lowest BCUT2D eigenvalue weighted by atomic mass is 9.77. The molecule has 4 N–H and O–H groups in total. The van der Waals surface area contributed by atoms with Gasteiger partial charge in [-0.3, -0.25) is 9.79 Å². The number of aliphatic imine (C=N–C) groups is 1. The molecule has 0 saturated heterocycles. The van der Waals surface area contributed by atoms with E-state index in [1.165, 1.54) is 11.3 Å². The minimum Gasteiger partial charge on any atom is -0.490 e. The Morgan fingerprint density at radius 3 is 2.12 bits per heavy atom. The molecule has 1 aromatic heterocycles. The zero-order valence-electron chi connectivity index (χ0n) is 32.4. The molecular formula is C44H48N6O6S. The predicted molar refractivity (Wildman–Crippen MR) is 223 cm³/mol. The minimum atomic E-state index is -1.26. The number of ether oxygens (including phenoxy) is 2. The van der Waals surface area contributed by atoms with Crippen LogP contribution in [0.25, 0.3) is 0 Å². The van der Waals surface area contributed by atoms with Crippen LogP contribution in [0.1, 0.15) is 67.1 Å². The lowest BCUT2D eigenvalue weighted by Crippen LogP contribution is -2.41. The Morgan fingerprint density at radius 1 is 0.895 bits per heavy atom. The van der Waals surface area contributed by atoms with Crippen LogP contribution in [0.15, 0.2) is 125 Å². The van der Waals surface area contributed by atoms with Gasteiger partial charge in [0.05, 0.1) is 0 Å². The molecule has 0 fully saturated rings. The highest BCUT2D eigenvalue weighted by atomic mass is 32.1. The molecule has 0 atom stereocenters. The Labute approximate surface area is 337 Å². The number of carboxylic acid groups (broad SMARTS) is 1. The highest BCUT2D eigenvalue weighted by Gasteiger charge is 2.37. The molecule has 0 saturated carbocycles. The zero-order chi connectivity index (χ0) is 40.3. The number of aliphatic carboxylic acids is 1. The van der Waals surface area contributed by atoms with Crippen molar-refractivity contribution in [1.82, 2.24) is 9.88 Å². The van der Waals surface area contributed by atoms with E-state index >= 15 is 0 Å². The fourth-order valence-electron chi connectivity index (χ4n) is 6.61. The Balaban J connectivity index is 1.05. The summed E-state index contributed by atoms with van der Waals surface area (Å²) in [5.41, 5.74) is 10.1. The molecule has 57 heavy (non-hydrogen) atoms. The number of esters is 1. The average Bonchev–Trinajstić information content (AvgIpc) is 3.67. The summed E-state index contributed by atoms with van der Waals surface area (Å²) in [6.45, 7) is 7.49. The van der Waals surface area contributed by atoms with Crippen molar-refractivity contribution < 1.29 is 29.0 Å². The fourth-order valence-corrected chi connectivity index (χ4v) is 7.36. The number of aromatic nitrogens is 1. The molecule has 6 rings (SSSR count). The molecule has 296 valence electrons. The number of carbonyl (C=O) groups excluding carboxylic acids is 1. The number of nitrogens with two attached hydrogens (primary N) is 1. The van der Waals surface area contributed by atoms with Crippen LogP contribution >= 0.6 is 11.3 Å². The normalized spacial score (nSPS) is 13.4. The van der Waals surface area contributed by atoms with Crippen LogP contribution < -0.4 is 15.8 Å². The van der Waals surface area contributed by atoms with Crippen molar-refractivity contribution >= 4 is 40.1 Å². The lowest BCUT2D eigenvalue weighted by Gasteiger charge is -2.36. The second kappa shape index (κ2) is 18.6. The van der Waals surface area contributed by atoms with Crippen molar-refractivity contribution in [2.45, 2.75) is 57.7 Å². The Morgan fingerprint density at radius 2 is 1.53 bits per heavy atom. The maximum Gasteiger partial charge on any atom is 0.360 e. The van der Waals surface area contributed by atoms with E-state index in [9.17, 15) is 14.7 Å². The van der Waals surface area contributed by atoms with Gasteiger partial charge in [-0.05, 0) is 73.6 Å². The number of carbonyl (C=O) groups is 2. The van der Waals surface area contributed by atoms with Crippen molar-refractivity contribution in [1.29, 1.82) is 0 Å². The standard InChI is InChI=1S/C44H48N6O6S/c1-43(2,3)56-38(51)20-13-24-46-41(45)50-25-23-31-28-36(22-21-32(31)29-50)54-26-27-55-49-39(40(52)53)37-30-57-42(47-37)48-44(33-14-7-4-8-15-33,34-16-9-5-10-17-34)35-18-11-6-12-19-35/h4-12,14-19,21-22,28,30H,13,20,23-27,29H2,1-3H3,(H2,45,46)(H,47,48)(H,52,53)/b49-39-. The molecule has 1 aliphatic rings. The molecular weight excluding hydrogens is 741 g/mol. The number of oxime groups is 1. The third kappa shape index (κ3) is 10.6. The van der Waals surface area contributed by atoms with E-state index < -0.39 is 17.1 Å². The van der Waals surface area contributed by atoms with Crippen LogP contribution in [-0.2, 0) is 37.7 Å². The third-order valence-electron chi connectivity index (χ3n) is 9.21. The first kappa shape index (κ1) is 40.5. The number of thiazole rings is 1. The van der Waals surface area contributed by atoms with Crippen molar-refractivity contribution in [3.8, 4) is 5.75 Å². The Kier molecular flexibility index (Phi) is 13.2. The molecule has 0 amide bonds. The van der Waals surface area contributed by atoms with E-state index in [4.69, 9.17) is 20.0 Å². The summed E-state index contributed by atoms with van der Waals surface area (Å²) in [6, 6.07) is 36.2. The number of hydrogen-bond donors (Lipinski definition) is 3. The SMILES string of the molecule is CC(C)(C)OC(=O)CCCN=C(N)N1CCc2cc(OCCO/N=C(\C(=O)O)c3csc(NC(c4ccccc4)(c4ccccc4)c4ccccc4)n3)ccc2C1. The first-order valence-electron chi connectivity index (χ1n) is 18.9. The summed E-state index contributed by atoms with van der Waals surface area (Å²) in [6.07, 6.45) is 1.62. The molecule has 5 aromatic rings. The molecule has 2 heterocycles. The zero-order valence-corrected chi connectivity index (χ0v) is 33.2. The van der Waals surface area contributed by atoms with Gasteiger partial charge >= 0.3 is 11.9 Å². The maximum absolute atomic E-state index is 12.3. The van der Waals surface area contributed by atoms with Gasteiger partial charge in [0, 0.05) is 31.4 Å². The summed E-state index contributed by atoms with van der Waals surface area (Å²) in [7, 11) is 0. The smallest absolute Gasteiger partial charge is 0.360 e. The Hall–Kier alpha value is -6.21. The molecule has 0 bridgehead atoms. The summed E-state index contributed by atoms with van der Waals surface area (Å²) in [5, 5.41) is 19.9.